The number of aromatic nitrogens is 1. The van der Waals surface area contributed by atoms with Crippen molar-refractivity contribution in [3.8, 4) is 0 Å². The molecular formula is C13H11BrF3N3. The number of halogens is 4. The number of nitrogens with one attached hydrogen (secondary N) is 1. The molecule has 3 N–H and O–H groups in total. The Labute approximate surface area is 122 Å². The normalized spacial score (nSPS) is 13.2. The maximum absolute atomic E-state index is 12.5. The van der Waals surface area contributed by atoms with Crippen LogP contribution < -0.4 is 11.3 Å². The molecule has 1 aromatic heterocycles. The summed E-state index contributed by atoms with van der Waals surface area (Å²) in [5.41, 5.74) is 3.07. The van der Waals surface area contributed by atoms with Gasteiger partial charge >= 0.3 is 6.18 Å². The lowest BCUT2D eigenvalue weighted by atomic mass is 10.0. The Morgan fingerprint density at radius 2 is 1.80 bits per heavy atom. The predicted octanol–water partition coefficient (Wildman–Crippen LogP) is 3.42. The van der Waals surface area contributed by atoms with E-state index in [4.69, 9.17) is 5.84 Å². The van der Waals surface area contributed by atoms with Crippen molar-refractivity contribution >= 4 is 15.9 Å². The predicted molar refractivity (Wildman–Crippen MR) is 72.5 cm³/mol. The number of hydrogen-bond acceptors (Lipinski definition) is 3. The molecule has 3 nitrogen and oxygen atoms in total. The Hall–Kier alpha value is -1.44. The minimum Gasteiger partial charge on any atom is -0.271 e. The van der Waals surface area contributed by atoms with Crippen molar-refractivity contribution in [1.29, 1.82) is 0 Å². The van der Waals surface area contributed by atoms with Crippen LogP contribution in [0.25, 0.3) is 0 Å². The van der Waals surface area contributed by atoms with E-state index in [0.29, 0.717) is 11.3 Å². The van der Waals surface area contributed by atoms with E-state index in [0.717, 1.165) is 16.6 Å². The maximum atomic E-state index is 12.5. The summed E-state index contributed by atoms with van der Waals surface area (Å²) < 4.78 is 38.3. The molecule has 1 heterocycles. The van der Waals surface area contributed by atoms with Crippen molar-refractivity contribution in [3.63, 3.8) is 0 Å². The van der Waals surface area contributed by atoms with Gasteiger partial charge in [-0.2, -0.15) is 13.2 Å². The Morgan fingerprint density at radius 1 is 1.15 bits per heavy atom. The van der Waals surface area contributed by atoms with Crippen LogP contribution in [0.4, 0.5) is 13.2 Å². The quantitative estimate of drug-likeness (QED) is 0.662. The van der Waals surface area contributed by atoms with E-state index in [1.807, 2.05) is 0 Å². The summed E-state index contributed by atoms with van der Waals surface area (Å²) in [6.07, 6.45) is -2.76. The molecule has 0 amide bonds. The van der Waals surface area contributed by atoms with Gasteiger partial charge in [0.15, 0.2) is 0 Å². The molecule has 0 aliphatic rings. The number of nitrogens with zero attached hydrogens (tertiary/aromatic N) is 1. The fourth-order valence-corrected chi connectivity index (χ4v) is 2.29. The van der Waals surface area contributed by atoms with Gasteiger partial charge in [-0.1, -0.05) is 12.1 Å². The third-order valence-corrected chi connectivity index (χ3v) is 3.47. The Morgan fingerprint density at radius 3 is 2.30 bits per heavy atom. The lowest BCUT2D eigenvalue weighted by Gasteiger charge is -2.17. The first-order valence-electron chi connectivity index (χ1n) is 5.67. The molecule has 7 heteroatoms. The van der Waals surface area contributed by atoms with Crippen molar-refractivity contribution in [3.05, 3.63) is 63.9 Å². The van der Waals surface area contributed by atoms with Gasteiger partial charge in [0.2, 0.25) is 0 Å². The van der Waals surface area contributed by atoms with Crippen molar-refractivity contribution < 1.29 is 13.2 Å². The molecule has 2 aromatic rings. The van der Waals surface area contributed by atoms with Gasteiger partial charge in [-0.25, -0.2) is 5.43 Å². The van der Waals surface area contributed by atoms with E-state index in [-0.39, 0.29) is 0 Å². The molecular weight excluding hydrogens is 335 g/mol. The van der Waals surface area contributed by atoms with E-state index in [9.17, 15) is 13.2 Å². The topological polar surface area (TPSA) is 50.9 Å². The third kappa shape index (κ3) is 3.17. The van der Waals surface area contributed by atoms with Crippen molar-refractivity contribution in [2.75, 3.05) is 0 Å². The van der Waals surface area contributed by atoms with Gasteiger partial charge in [-0.05, 0) is 45.8 Å². The Kier molecular flexibility index (Phi) is 4.42. The highest BCUT2D eigenvalue weighted by atomic mass is 79.9. The second kappa shape index (κ2) is 5.90. The molecule has 0 fully saturated rings. The lowest BCUT2D eigenvalue weighted by molar-refractivity contribution is -0.137. The van der Waals surface area contributed by atoms with Gasteiger partial charge in [0, 0.05) is 10.7 Å². The van der Waals surface area contributed by atoms with Crippen LogP contribution in [0.5, 0.6) is 0 Å². The summed E-state index contributed by atoms with van der Waals surface area (Å²) in [6.45, 7) is 0. The average Bonchev–Trinajstić information content (AvgIpc) is 2.41. The number of rotatable bonds is 3. The molecule has 0 spiro atoms. The lowest BCUT2D eigenvalue weighted by Crippen LogP contribution is -2.29. The minimum atomic E-state index is -4.35. The highest BCUT2D eigenvalue weighted by Crippen LogP contribution is 2.31. The van der Waals surface area contributed by atoms with Gasteiger partial charge in [0.25, 0.3) is 0 Å². The molecule has 1 unspecified atom stereocenters. The van der Waals surface area contributed by atoms with Crippen LogP contribution in [0.15, 0.2) is 47.1 Å². The van der Waals surface area contributed by atoms with Gasteiger partial charge in [-0.15, -0.1) is 0 Å². The number of benzene rings is 1. The monoisotopic (exact) mass is 345 g/mol. The highest BCUT2D eigenvalue weighted by Gasteiger charge is 2.30. The fraction of sp³-hybridized carbons (Fsp3) is 0.154. The molecule has 0 saturated carbocycles. The fourth-order valence-electron chi connectivity index (χ4n) is 1.81. The first kappa shape index (κ1) is 15.0. The molecule has 106 valence electrons. The largest absolute Gasteiger partial charge is 0.416 e. The SMILES string of the molecule is NNC(c1ccc(C(F)(F)F)cc1)c1ncccc1Br. The maximum Gasteiger partial charge on any atom is 0.416 e. The first-order chi connectivity index (χ1) is 9.43. The zero-order chi connectivity index (χ0) is 14.8. The molecule has 0 aliphatic carbocycles. The van der Waals surface area contributed by atoms with Crippen LogP contribution in [0, 0.1) is 0 Å². The summed E-state index contributed by atoms with van der Waals surface area (Å²) in [6, 6.07) is 7.86. The number of nitrogens with two attached hydrogens (primary N) is 1. The molecule has 1 aromatic carbocycles. The Bertz CT molecular complexity index is 584. The van der Waals surface area contributed by atoms with Gasteiger partial charge in [0.1, 0.15) is 0 Å². The van der Waals surface area contributed by atoms with Crippen LogP contribution in [-0.4, -0.2) is 4.98 Å². The van der Waals surface area contributed by atoms with E-state index < -0.39 is 17.8 Å². The van der Waals surface area contributed by atoms with Gasteiger partial charge in [-0.3, -0.25) is 10.8 Å². The van der Waals surface area contributed by atoms with E-state index in [1.165, 1.54) is 12.1 Å². The number of hydrogen-bond donors (Lipinski definition) is 2. The first-order valence-corrected chi connectivity index (χ1v) is 6.46. The van der Waals surface area contributed by atoms with Crippen LogP contribution in [0.3, 0.4) is 0 Å². The van der Waals surface area contributed by atoms with Crippen LogP contribution >= 0.6 is 15.9 Å². The summed E-state index contributed by atoms with van der Waals surface area (Å²) in [7, 11) is 0. The van der Waals surface area contributed by atoms with E-state index in [2.05, 4.69) is 26.3 Å². The van der Waals surface area contributed by atoms with E-state index >= 15 is 0 Å². The average molecular weight is 346 g/mol. The third-order valence-electron chi connectivity index (χ3n) is 2.80. The van der Waals surface area contributed by atoms with Gasteiger partial charge in [0.05, 0.1) is 17.3 Å². The van der Waals surface area contributed by atoms with E-state index in [1.54, 1.807) is 18.3 Å². The summed E-state index contributed by atoms with van der Waals surface area (Å²) >= 11 is 3.34. The molecule has 2 rings (SSSR count). The van der Waals surface area contributed by atoms with Crippen LogP contribution in [0.2, 0.25) is 0 Å². The molecule has 0 bridgehead atoms. The highest BCUT2D eigenvalue weighted by molar-refractivity contribution is 9.10. The molecule has 1 atom stereocenters. The number of alkyl halides is 3. The van der Waals surface area contributed by atoms with Crippen molar-refractivity contribution in [2.45, 2.75) is 12.2 Å². The number of pyridine rings is 1. The second-order valence-electron chi connectivity index (χ2n) is 4.09. The molecule has 0 saturated heterocycles. The molecule has 0 radical (unpaired) electrons. The van der Waals surface area contributed by atoms with Crippen molar-refractivity contribution in [1.82, 2.24) is 10.4 Å². The molecule has 0 aliphatic heterocycles. The smallest absolute Gasteiger partial charge is 0.271 e. The summed E-state index contributed by atoms with van der Waals surface area (Å²) in [4.78, 5) is 4.19. The summed E-state index contributed by atoms with van der Waals surface area (Å²) in [5, 5.41) is 0. The van der Waals surface area contributed by atoms with Crippen molar-refractivity contribution in [2.24, 2.45) is 5.84 Å². The standard InChI is InChI=1S/C13H11BrF3N3/c14-10-2-1-7-19-12(10)11(20-18)8-3-5-9(6-4-8)13(15,16)17/h1-7,11,20H,18H2. The van der Waals surface area contributed by atoms with Gasteiger partial charge < -0.3 is 0 Å². The Balaban J connectivity index is 2.36. The zero-order valence-electron chi connectivity index (χ0n) is 10.2. The zero-order valence-corrected chi connectivity index (χ0v) is 11.7. The minimum absolute atomic E-state index is 0.493. The van der Waals surface area contributed by atoms with Crippen LogP contribution in [-0.2, 0) is 6.18 Å². The number of hydrazine groups is 1. The summed E-state index contributed by atoms with van der Waals surface area (Å²) in [5.74, 6) is 5.50. The second-order valence-corrected chi connectivity index (χ2v) is 4.94. The van der Waals surface area contributed by atoms with Crippen LogP contribution in [0.1, 0.15) is 22.9 Å². The molecule has 20 heavy (non-hydrogen) atoms.